The van der Waals surface area contributed by atoms with E-state index >= 15 is 0 Å². The number of para-hydroxylation sites is 1. The molecule has 0 bridgehead atoms. The summed E-state index contributed by atoms with van der Waals surface area (Å²) in [6.45, 7) is 2.14. The molecule has 1 aliphatic rings. The zero-order chi connectivity index (χ0) is 14.1. The molecule has 0 radical (unpaired) electrons. The van der Waals surface area contributed by atoms with Crippen LogP contribution in [0.25, 0.3) is 0 Å². The topological polar surface area (TPSA) is 61.5 Å². The van der Waals surface area contributed by atoms with Gasteiger partial charge in [-0.15, -0.1) is 11.3 Å². The first-order valence-corrected chi connectivity index (χ1v) is 7.22. The Morgan fingerprint density at radius 3 is 3.00 bits per heavy atom. The van der Waals surface area contributed by atoms with E-state index in [1.807, 2.05) is 31.2 Å². The van der Waals surface area contributed by atoms with Gasteiger partial charge in [0.15, 0.2) is 0 Å². The van der Waals surface area contributed by atoms with Crippen LogP contribution in [0.5, 0.6) is 5.75 Å². The van der Waals surface area contributed by atoms with Crippen molar-refractivity contribution >= 4 is 23.0 Å². The van der Waals surface area contributed by atoms with Gasteiger partial charge in [-0.25, -0.2) is 4.79 Å². The standard InChI is InChI=1S/C15H15NO3S/c1-9-12(16)7-14(20-9)15(17)18-8-11-6-10-4-2-3-5-13(10)19-11/h2-5,7,11H,6,8,16H2,1H3. The van der Waals surface area contributed by atoms with Crippen LogP contribution in [0.1, 0.15) is 20.1 Å². The number of nitrogens with two attached hydrogens (primary N) is 1. The summed E-state index contributed by atoms with van der Waals surface area (Å²) in [4.78, 5) is 13.4. The van der Waals surface area contributed by atoms with Gasteiger partial charge in [0, 0.05) is 17.0 Å². The van der Waals surface area contributed by atoms with Crippen LogP contribution in [-0.4, -0.2) is 18.7 Å². The highest BCUT2D eigenvalue weighted by Crippen LogP contribution is 2.29. The summed E-state index contributed by atoms with van der Waals surface area (Å²) in [6.07, 6.45) is 0.671. The number of ether oxygens (including phenoxy) is 2. The fourth-order valence-electron chi connectivity index (χ4n) is 2.18. The molecule has 1 aromatic heterocycles. The number of hydrogen-bond acceptors (Lipinski definition) is 5. The molecule has 1 aromatic carbocycles. The van der Waals surface area contributed by atoms with E-state index in [1.54, 1.807) is 6.07 Å². The van der Waals surface area contributed by atoms with Crippen LogP contribution in [0.15, 0.2) is 30.3 Å². The van der Waals surface area contributed by atoms with Gasteiger partial charge in [0.05, 0.1) is 0 Å². The zero-order valence-electron chi connectivity index (χ0n) is 11.1. The van der Waals surface area contributed by atoms with Crippen LogP contribution in [0, 0.1) is 6.92 Å². The van der Waals surface area contributed by atoms with Crippen LogP contribution in [0.3, 0.4) is 0 Å². The van der Waals surface area contributed by atoms with E-state index in [9.17, 15) is 4.79 Å². The second-order valence-corrected chi connectivity index (χ2v) is 6.03. The lowest BCUT2D eigenvalue weighted by molar-refractivity contribution is 0.0352. The van der Waals surface area contributed by atoms with Crippen molar-refractivity contribution in [1.82, 2.24) is 0 Å². The molecule has 0 aliphatic carbocycles. The third-order valence-corrected chi connectivity index (χ3v) is 4.32. The van der Waals surface area contributed by atoms with Gasteiger partial charge in [-0.3, -0.25) is 0 Å². The van der Waals surface area contributed by atoms with Crippen molar-refractivity contribution in [3.05, 3.63) is 45.6 Å². The van der Waals surface area contributed by atoms with Crippen LogP contribution in [0.4, 0.5) is 5.69 Å². The highest BCUT2D eigenvalue weighted by atomic mass is 32.1. The summed E-state index contributed by atoms with van der Waals surface area (Å²) in [5.74, 6) is 0.541. The number of anilines is 1. The van der Waals surface area contributed by atoms with Gasteiger partial charge < -0.3 is 15.2 Å². The molecule has 0 fully saturated rings. The molecule has 1 atom stereocenters. The third-order valence-electron chi connectivity index (χ3n) is 3.27. The lowest BCUT2D eigenvalue weighted by Crippen LogP contribution is -2.22. The summed E-state index contributed by atoms with van der Waals surface area (Å²) in [5, 5.41) is 0. The lowest BCUT2D eigenvalue weighted by atomic mass is 10.1. The fourth-order valence-corrected chi connectivity index (χ4v) is 3.02. The minimum Gasteiger partial charge on any atom is -0.486 e. The quantitative estimate of drug-likeness (QED) is 0.883. The number of nitrogen functional groups attached to an aromatic ring is 1. The SMILES string of the molecule is Cc1sc(C(=O)OCC2Cc3ccccc3O2)cc1N. The predicted molar refractivity (Wildman–Crippen MR) is 78.3 cm³/mol. The Morgan fingerprint density at radius 1 is 1.50 bits per heavy atom. The average molecular weight is 289 g/mol. The number of carbonyl (C=O) groups excluding carboxylic acids is 1. The zero-order valence-corrected chi connectivity index (χ0v) is 11.9. The van der Waals surface area contributed by atoms with E-state index in [4.69, 9.17) is 15.2 Å². The van der Waals surface area contributed by atoms with Gasteiger partial charge in [-0.1, -0.05) is 18.2 Å². The Hall–Kier alpha value is -2.01. The molecule has 20 heavy (non-hydrogen) atoms. The maximum atomic E-state index is 11.9. The van der Waals surface area contributed by atoms with Crippen molar-refractivity contribution in [1.29, 1.82) is 0 Å². The molecule has 2 aromatic rings. The molecule has 0 amide bonds. The van der Waals surface area contributed by atoms with Crippen molar-refractivity contribution in [2.24, 2.45) is 0 Å². The minimum absolute atomic E-state index is 0.102. The van der Waals surface area contributed by atoms with Gasteiger partial charge in [0.1, 0.15) is 23.3 Å². The first-order chi connectivity index (χ1) is 9.63. The molecule has 2 N–H and O–H groups in total. The number of esters is 1. The number of rotatable bonds is 3. The van der Waals surface area contributed by atoms with E-state index in [1.165, 1.54) is 11.3 Å². The van der Waals surface area contributed by atoms with E-state index in [0.717, 1.165) is 22.6 Å². The van der Waals surface area contributed by atoms with Gasteiger partial charge in [-0.05, 0) is 24.6 Å². The molecule has 104 valence electrons. The molecule has 0 saturated carbocycles. The van der Waals surface area contributed by atoms with Gasteiger partial charge in [0.2, 0.25) is 0 Å². The number of fused-ring (bicyclic) bond motifs is 1. The maximum absolute atomic E-state index is 11.9. The van der Waals surface area contributed by atoms with Crippen molar-refractivity contribution in [3.63, 3.8) is 0 Å². The van der Waals surface area contributed by atoms with Gasteiger partial charge in [-0.2, -0.15) is 0 Å². The normalized spacial score (nSPS) is 16.6. The second kappa shape index (κ2) is 5.17. The molecule has 3 rings (SSSR count). The molecule has 1 aliphatic heterocycles. The van der Waals surface area contributed by atoms with Crippen LogP contribution >= 0.6 is 11.3 Å². The number of thiophene rings is 1. The summed E-state index contributed by atoms with van der Waals surface area (Å²) in [7, 11) is 0. The Bertz CT molecular complexity index is 606. The first-order valence-electron chi connectivity index (χ1n) is 6.41. The monoisotopic (exact) mass is 289 g/mol. The molecule has 5 heteroatoms. The maximum Gasteiger partial charge on any atom is 0.348 e. The molecule has 1 unspecified atom stereocenters. The number of benzene rings is 1. The molecular formula is C15H15NO3S. The van der Waals surface area contributed by atoms with Crippen molar-refractivity contribution in [2.45, 2.75) is 19.4 Å². The minimum atomic E-state index is -0.339. The Balaban J connectivity index is 1.57. The molecule has 2 heterocycles. The third kappa shape index (κ3) is 2.49. The van der Waals surface area contributed by atoms with Crippen LogP contribution in [0.2, 0.25) is 0 Å². The average Bonchev–Trinajstić information content (AvgIpc) is 3.00. The van der Waals surface area contributed by atoms with Crippen LogP contribution in [-0.2, 0) is 11.2 Å². The largest absolute Gasteiger partial charge is 0.486 e. The molecule has 0 spiro atoms. The predicted octanol–water partition coefficient (Wildman–Crippen LogP) is 2.80. The Labute approximate surface area is 121 Å². The fraction of sp³-hybridized carbons (Fsp3) is 0.267. The summed E-state index contributed by atoms with van der Waals surface area (Å²) in [6, 6.07) is 9.53. The van der Waals surface area contributed by atoms with Crippen LogP contribution < -0.4 is 10.5 Å². The Morgan fingerprint density at radius 2 is 2.30 bits per heavy atom. The number of hydrogen-bond donors (Lipinski definition) is 1. The van der Waals surface area contributed by atoms with E-state index in [0.29, 0.717) is 10.6 Å². The smallest absolute Gasteiger partial charge is 0.348 e. The highest BCUT2D eigenvalue weighted by Gasteiger charge is 2.24. The van der Waals surface area contributed by atoms with Gasteiger partial charge >= 0.3 is 5.97 Å². The van der Waals surface area contributed by atoms with E-state index < -0.39 is 0 Å². The first kappa shape index (κ1) is 13.0. The second-order valence-electron chi connectivity index (χ2n) is 4.77. The number of aryl methyl sites for hydroxylation is 1. The Kier molecular flexibility index (Phi) is 3.36. The summed E-state index contributed by atoms with van der Waals surface area (Å²) in [5.41, 5.74) is 7.52. The molecule has 0 saturated heterocycles. The van der Waals surface area contributed by atoms with Crippen molar-refractivity contribution in [3.8, 4) is 5.75 Å². The van der Waals surface area contributed by atoms with Crippen molar-refractivity contribution in [2.75, 3.05) is 12.3 Å². The van der Waals surface area contributed by atoms with Gasteiger partial charge in [0.25, 0.3) is 0 Å². The summed E-state index contributed by atoms with van der Waals surface area (Å²) >= 11 is 1.35. The highest BCUT2D eigenvalue weighted by molar-refractivity contribution is 7.14. The lowest BCUT2D eigenvalue weighted by Gasteiger charge is -2.10. The molecule has 4 nitrogen and oxygen atoms in total. The van der Waals surface area contributed by atoms with Crippen molar-refractivity contribution < 1.29 is 14.3 Å². The van der Waals surface area contributed by atoms with E-state index in [-0.39, 0.29) is 18.7 Å². The molecular weight excluding hydrogens is 274 g/mol. The van der Waals surface area contributed by atoms with E-state index in [2.05, 4.69) is 0 Å². The summed E-state index contributed by atoms with van der Waals surface area (Å²) < 4.78 is 11.0. The number of carbonyl (C=O) groups is 1.